The number of nitrogens with zero attached hydrogens (tertiary/aromatic N) is 1. The summed E-state index contributed by atoms with van der Waals surface area (Å²) in [6.07, 6.45) is 0.404. The van der Waals surface area contributed by atoms with Gasteiger partial charge in [-0.15, -0.1) is 11.8 Å². The summed E-state index contributed by atoms with van der Waals surface area (Å²) in [6, 6.07) is 11.5. The highest BCUT2D eigenvalue weighted by Gasteiger charge is 2.28. The van der Waals surface area contributed by atoms with E-state index >= 15 is 0 Å². The normalized spacial score (nSPS) is 16.7. The van der Waals surface area contributed by atoms with Gasteiger partial charge in [0, 0.05) is 29.1 Å². The number of benzene rings is 2. The van der Waals surface area contributed by atoms with E-state index in [2.05, 4.69) is 10.5 Å². The summed E-state index contributed by atoms with van der Waals surface area (Å²) in [5.74, 6) is -0.323. The number of carbonyl (C=O) groups excluding carboxylic acids is 1. The second kappa shape index (κ2) is 8.22. The van der Waals surface area contributed by atoms with Crippen molar-refractivity contribution in [3.8, 4) is 0 Å². The number of halogens is 1. The third-order valence-electron chi connectivity index (χ3n) is 4.13. The molecule has 0 radical (unpaired) electrons. The van der Waals surface area contributed by atoms with Gasteiger partial charge in [0.25, 0.3) is 0 Å². The van der Waals surface area contributed by atoms with Gasteiger partial charge in [0.2, 0.25) is 5.91 Å². The number of amides is 1. The van der Waals surface area contributed by atoms with Crippen LogP contribution in [0.2, 0.25) is 0 Å². The van der Waals surface area contributed by atoms with Crippen LogP contribution in [0.4, 0.5) is 4.39 Å². The van der Waals surface area contributed by atoms with Gasteiger partial charge in [-0.3, -0.25) is 4.79 Å². The third-order valence-corrected chi connectivity index (χ3v) is 6.91. The molecule has 0 spiro atoms. The van der Waals surface area contributed by atoms with E-state index in [0.717, 1.165) is 17.0 Å². The summed E-state index contributed by atoms with van der Waals surface area (Å²) in [7, 11) is -3.44. The SMILES string of the molecule is Cc1ccc(SCCC(=O)N/N=C2\CCS(=O)(=O)c3ccc(F)cc32)cc1. The Morgan fingerprint density at radius 1 is 1.22 bits per heavy atom. The predicted octanol–water partition coefficient (Wildman–Crippen LogP) is 3.31. The van der Waals surface area contributed by atoms with Gasteiger partial charge in [-0.05, 0) is 37.3 Å². The zero-order valence-electron chi connectivity index (χ0n) is 14.7. The Kier molecular flexibility index (Phi) is 5.96. The largest absolute Gasteiger partial charge is 0.273 e. The van der Waals surface area contributed by atoms with Crippen LogP contribution in [-0.2, 0) is 14.6 Å². The van der Waals surface area contributed by atoms with E-state index < -0.39 is 15.7 Å². The van der Waals surface area contributed by atoms with Gasteiger partial charge in [-0.2, -0.15) is 5.10 Å². The molecule has 1 aliphatic heterocycles. The molecule has 2 aromatic carbocycles. The Hall–Kier alpha value is -2.19. The highest BCUT2D eigenvalue weighted by atomic mass is 32.2. The molecule has 0 saturated heterocycles. The molecule has 1 heterocycles. The second-order valence-corrected chi connectivity index (χ2v) is 9.46. The van der Waals surface area contributed by atoms with Crippen molar-refractivity contribution >= 4 is 33.2 Å². The van der Waals surface area contributed by atoms with Gasteiger partial charge in [0.05, 0.1) is 16.4 Å². The number of hydrazone groups is 1. The van der Waals surface area contributed by atoms with Gasteiger partial charge in [0.1, 0.15) is 5.82 Å². The van der Waals surface area contributed by atoms with Crippen molar-refractivity contribution in [1.82, 2.24) is 5.43 Å². The molecule has 0 aliphatic carbocycles. The van der Waals surface area contributed by atoms with Crippen molar-refractivity contribution in [3.63, 3.8) is 0 Å². The minimum atomic E-state index is -3.44. The average molecular weight is 407 g/mol. The zero-order valence-corrected chi connectivity index (χ0v) is 16.4. The van der Waals surface area contributed by atoms with Crippen LogP contribution < -0.4 is 5.43 Å². The minimum Gasteiger partial charge on any atom is -0.273 e. The molecule has 5 nitrogen and oxygen atoms in total. The maximum atomic E-state index is 13.5. The molecule has 0 bridgehead atoms. The smallest absolute Gasteiger partial charge is 0.240 e. The summed E-state index contributed by atoms with van der Waals surface area (Å²) < 4.78 is 37.7. The fraction of sp³-hybridized carbons (Fsp3) is 0.263. The quantitative estimate of drug-likeness (QED) is 0.470. The van der Waals surface area contributed by atoms with Gasteiger partial charge < -0.3 is 0 Å². The number of carbonyl (C=O) groups is 1. The summed E-state index contributed by atoms with van der Waals surface area (Å²) in [4.78, 5) is 13.2. The van der Waals surface area contributed by atoms with E-state index in [9.17, 15) is 17.6 Å². The molecule has 1 N–H and O–H groups in total. The predicted molar refractivity (Wildman–Crippen MR) is 104 cm³/mol. The number of aryl methyl sites for hydroxylation is 1. The highest BCUT2D eigenvalue weighted by molar-refractivity contribution is 7.99. The van der Waals surface area contributed by atoms with Crippen LogP contribution in [0.25, 0.3) is 0 Å². The highest BCUT2D eigenvalue weighted by Crippen LogP contribution is 2.26. The summed E-state index contributed by atoms with van der Waals surface area (Å²) in [6.45, 7) is 2.02. The molecule has 3 rings (SSSR count). The van der Waals surface area contributed by atoms with Crippen LogP contribution in [0.5, 0.6) is 0 Å². The fourth-order valence-corrected chi connectivity index (χ4v) is 4.99. The van der Waals surface area contributed by atoms with Crippen molar-refractivity contribution in [2.24, 2.45) is 5.10 Å². The van der Waals surface area contributed by atoms with Crippen molar-refractivity contribution in [1.29, 1.82) is 0 Å². The number of nitrogens with one attached hydrogen (secondary N) is 1. The molecule has 142 valence electrons. The van der Waals surface area contributed by atoms with E-state index in [1.54, 1.807) is 11.8 Å². The topological polar surface area (TPSA) is 75.6 Å². The number of thioether (sulfide) groups is 1. The van der Waals surface area contributed by atoms with Gasteiger partial charge >= 0.3 is 0 Å². The Morgan fingerprint density at radius 3 is 2.70 bits per heavy atom. The molecule has 0 aromatic heterocycles. The Morgan fingerprint density at radius 2 is 1.96 bits per heavy atom. The number of fused-ring (bicyclic) bond motifs is 1. The molecule has 0 atom stereocenters. The first-order valence-electron chi connectivity index (χ1n) is 8.43. The lowest BCUT2D eigenvalue weighted by Gasteiger charge is -2.18. The monoisotopic (exact) mass is 406 g/mol. The van der Waals surface area contributed by atoms with Gasteiger partial charge in [0.15, 0.2) is 9.84 Å². The Balaban J connectivity index is 1.61. The first kappa shape index (κ1) is 19.6. The van der Waals surface area contributed by atoms with Crippen LogP contribution in [0.1, 0.15) is 24.0 Å². The van der Waals surface area contributed by atoms with Gasteiger partial charge in [-0.1, -0.05) is 17.7 Å². The molecule has 2 aromatic rings. The summed E-state index contributed by atoms with van der Waals surface area (Å²) in [5.41, 5.74) is 4.23. The first-order chi connectivity index (χ1) is 12.8. The third kappa shape index (κ3) is 4.95. The molecular formula is C19H19FN2O3S2. The maximum absolute atomic E-state index is 13.5. The number of hydrogen-bond donors (Lipinski definition) is 1. The van der Waals surface area contributed by atoms with Gasteiger partial charge in [-0.25, -0.2) is 18.2 Å². The lowest BCUT2D eigenvalue weighted by Crippen LogP contribution is -2.26. The molecule has 27 heavy (non-hydrogen) atoms. The molecule has 0 fully saturated rings. The lowest BCUT2D eigenvalue weighted by atomic mass is 10.1. The van der Waals surface area contributed by atoms with Crippen LogP contribution in [0, 0.1) is 12.7 Å². The molecule has 0 unspecified atom stereocenters. The van der Waals surface area contributed by atoms with E-state index in [1.807, 2.05) is 31.2 Å². The fourth-order valence-electron chi connectivity index (χ4n) is 2.67. The first-order valence-corrected chi connectivity index (χ1v) is 11.1. The molecule has 0 saturated carbocycles. The number of rotatable bonds is 5. The van der Waals surface area contributed by atoms with Crippen molar-refractivity contribution in [3.05, 3.63) is 59.4 Å². The summed E-state index contributed by atoms with van der Waals surface area (Å²) in [5, 5.41) is 4.05. The van der Waals surface area contributed by atoms with E-state index in [0.29, 0.717) is 11.5 Å². The maximum Gasteiger partial charge on any atom is 0.240 e. The summed E-state index contributed by atoms with van der Waals surface area (Å²) >= 11 is 1.57. The molecular weight excluding hydrogens is 387 g/mol. The van der Waals surface area contributed by atoms with E-state index in [-0.39, 0.29) is 35.0 Å². The second-order valence-electron chi connectivity index (χ2n) is 6.21. The Labute approximate surface area is 162 Å². The lowest BCUT2D eigenvalue weighted by molar-refractivity contribution is -0.120. The van der Waals surface area contributed by atoms with Crippen LogP contribution in [0.3, 0.4) is 0 Å². The van der Waals surface area contributed by atoms with Crippen LogP contribution in [0.15, 0.2) is 57.4 Å². The zero-order chi connectivity index (χ0) is 19.4. The molecule has 1 amide bonds. The average Bonchev–Trinajstić information content (AvgIpc) is 2.62. The van der Waals surface area contributed by atoms with Crippen LogP contribution in [-0.4, -0.2) is 31.5 Å². The van der Waals surface area contributed by atoms with Crippen molar-refractivity contribution in [2.45, 2.75) is 29.6 Å². The van der Waals surface area contributed by atoms with E-state index in [1.165, 1.54) is 11.6 Å². The van der Waals surface area contributed by atoms with Crippen molar-refractivity contribution < 1.29 is 17.6 Å². The van der Waals surface area contributed by atoms with Crippen molar-refractivity contribution in [2.75, 3.05) is 11.5 Å². The number of hydrogen-bond acceptors (Lipinski definition) is 5. The van der Waals surface area contributed by atoms with E-state index in [4.69, 9.17) is 0 Å². The minimum absolute atomic E-state index is 0.0538. The number of sulfone groups is 1. The standard InChI is InChI=1S/C19H19FN2O3S2/c1-13-2-5-15(6-3-13)26-10-8-19(23)22-21-17-9-11-27(24,25)18-7-4-14(20)12-16(17)18/h2-7,12H,8-11H2,1H3,(H,22,23)/b21-17+. The molecule has 1 aliphatic rings. The van der Waals surface area contributed by atoms with Crippen LogP contribution >= 0.6 is 11.8 Å². The Bertz CT molecular complexity index is 987. The molecule has 8 heteroatoms.